The lowest BCUT2D eigenvalue weighted by Gasteiger charge is -2.12. The maximum atomic E-state index is 12.7. The van der Waals surface area contributed by atoms with Gasteiger partial charge in [-0.15, -0.1) is 0 Å². The first kappa shape index (κ1) is 19.9. The van der Waals surface area contributed by atoms with Crippen molar-refractivity contribution in [2.45, 2.75) is 6.92 Å². The number of carbonyl (C=O) groups excluding carboxylic acids is 2. The number of nitrogens with one attached hydrogen (secondary N) is 2. The molecule has 0 saturated carbocycles. The van der Waals surface area contributed by atoms with E-state index in [2.05, 4.69) is 15.6 Å². The van der Waals surface area contributed by atoms with Gasteiger partial charge in [0.15, 0.2) is 0 Å². The van der Waals surface area contributed by atoms with Gasteiger partial charge in [0.25, 0.3) is 5.91 Å². The SMILES string of the molecule is CCOc1ccccc1NC(=O)c1cncc(Nc2cccc(C(=O)OC)c2)c1. The second-order valence-corrected chi connectivity index (χ2v) is 6.04. The average Bonchev–Trinajstić information content (AvgIpc) is 2.75. The van der Waals surface area contributed by atoms with Crippen LogP contribution in [0.4, 0.5) is 17.1 Å². The Morgan fingerprint density at radius 3 is 2.55 bits per heavy atom. The molecule has 0 bridgehead atoms. The lowest BCUT2D eigenvalue weighted by Crippen LogP contribution is -2.13. The molecule has 0 unspecified atom stereocenters. The molecule has 7 nitrogen and oxygen atoms in total. The first-order valence-corrected chi connectivity index (χ1v) is 9.04. The molecule has 0 fully saturated rings. The quantitative estimate of drug-likeness (QED) is 0.585. The summed E-state index contributed by atoms with van der Waals surface area (Å²) in [6.07, 6.45) is 3.07. The molecular formula is C22H21N3O4. The molecule has 29 heavy (non-hydrogen) atoms. The van der Waals surface area contributed by atoms with Gasteiger partial charge in [0, 0.05) is 11.9 Å². The van der Waals surface area contributed by atoms with Crippen LogP contribution < -0.4 is 15.4 Å². The maximum absolute atomic E-state index is 12.7. The van der Waals surface area contributed by atoms with E-state index < -0.39 is 5.97 Å². The Morgan fingerprint density at radius 2 is 1.76 bits per heavy atom. The number of rotatable bonds is 7. The molecule has 0 aliphatic carbocycles. The minimum Gasteiger partial charge on any atom is -0.492 e. The molecule has 1 heterocycles. The standard InChI is InChI=1S/C22H21N3O4/c1-3-29-20-10-5-4-9-19(20)25-21(26)16-12-18(14-23-13-16)24-17-8-6-7-15(11-17)22(27)28-2/h4-14,24H,3H2,1-2H3,(H,25,26). The van der Waals surface area contributed by atoms with E-state index in [1.54, 1.807) is 48.7 Å². The summed E-state index contributed by atoms with van der Waals surface area (Å²) >= 11 is 0. The third kappa shape index (κ3) is 5.10. The normalized spacial score (nSPS) is 10.1. The molecule has 0 aliphatic rings. The molecular weight excluding hydrogens is 370 g/mol. The van der Waals surface area contributed by atoms with Gasteiger partial charge in [-0.25, -0.2) is 4.79 Å². The number of pyridine rings is 1. The number of methoxy groups -OCH3 is 1. The number of hydrogen-bond donors (Lipinski definition) is 2. The monoisotopic (exact) mass is 391 g/mol. The third-order valence-corrected chi connectivity index (χ3v) is 4.01. The third-order valence-electron chi connectivity index (χ3n) is 4.01. The van der Waals surface area contributed by atoms with Gasteiger partial charge in [0.1, 0.15) is 5.75 Å². The zero-order valence-electron chi connectivity index (χ0n) is 16.1. The van der Waals surface area contributed by atoms with E-state index in [4.69, 9.17) is 9.47 Å². The van der Waals surface area contributed by atoms with E-state index in [9.17, 15) is 9.59 Å². The van der Waals surface area contributed by atoms with Crippen molar-refractivity contribution < 1.29 is 19.1 Å². The predicted molar refractivity (Wildman–Crippen MR) is 111 cm³/mol. The molecule has 2 N–H and O–H groups in total. The molecule has 0 radical (unpaired) electrons. The van der Waals surface area contributed by atoms with Crippen molar-refractivity contribution in [3.63, 3.8) is 0 Å². The zero-order chi connectivity index (χ0) is 20.6. The number of anilines is 3. The van der Waals surface area contributed by atoms with E-state index in [1.807, 2.05) is 19.1 Å². The van der Waals surface area contributed by atoms with Gasteiger partial charge in [-0.2, -0.15) is 0 Å². The number of para-hydroxylation sites is 2. The number of aromatic nitrogens is 1. The molecule has 3 rings (SSSR count). The number of benzene rings is 2. The van der Waals surface area contributed by atoms with Gasteiger partial charge in [-0.05, 0) is 43.3 Å². The summed E-state index contributed by atoms with van der Waals surface area (Å²) in [7, 11) is 1.33. The summed E-state index contributed by atoms with van der Waals surface area (Å²) in [6, 6.07) is 15.8. The van der Waals surface area contributed by atoms with Crippen molar-refractivity contribution in [3.8, 4) is 5.75 Å². The van der Waals surface area contributed by atoms with Crippen molar-refractivity contribution in [1.29, 1.82) is 0 Å². The summed E-state index contributed by atoms with van der Waals surface area (Å²) in [5.41, 5.74) is 2.67. The summed E-state index contributed by atoms with van der Waals surface area (Å²) in [6.45, 7) is 2.38. The highest BCUT2D eigenvalue weighted by molar-refractivity contribution is 6.05. The van der Waals surface area contributed by atoms with E-state index in [-0.39, 0.29) is 5.91 Å². The van der Waals surface area contributed by atoms with Gasteiger partial charge in [0.2, 0.25) is 0 Å². The molecule has 1 aromatic heterocycles. The number of esters is 1. The molecule has 3 aromatic rings. The maximum Gasteiger partial charge on any atom is 0.337 e. The first-order chi connectivity index (χ1) is 14.1. The van der Waals surface area contributed by atoms with Crippen LogP contribution in [0.1, 0.15) is 27.6 Å². The van der Waals surface area contributed by atoms with Gasteiger partial charge in [-0.1, -0.05) is 18.2 Å². The fourth-order valence-corrected chi connectivity index (χ4v) is 2.69. The predicted octanol–water partition coefficient (Wildman–Crippen LogP) is 4.26. The molecule has 148 valence electrons. The van der Waals surface area contributed by atoms with E-state index in [0.717, 1.165) is 0 Å². The van der Waals surface area contributed by atoms with Crippen molar-refractivity contribution in [2.75, 3.05) is 24.4 Å². The Balaban J connectivity index is 1.76. The Labute approximate surface area is 168 Å². The number of carbonyl (C=O) groups is 2. The van der Waals surface area contributed by atoms with Gasteiger partial charge in [0.05, 0.1) is 42.4 Å². The van der Waals surface area contributed by atoms with Crippen molar-refractivity contribution in [2.24, 2.45) is 0 Å². The number of hydrogen-bond acceptors (Lipinski definition) is 6. The zero-order valence-corrected chi connectivity index (χ0v) is 16.1. The molecule has 0 aliphatic heterocycles. The Kier molecular flexibility index (Phi) is 6.42. The Morgan fingerprint density at radius 1 is 0.966 bits per heavy atom. The smallest absolute Gasteiger partial charge is 0.337 e. The highest BCUT2D eigenvalue weighted by atomic mass is 16.5. The van der Waals surface area contributed by atoms with Crippen molar-refractivity contribution in [3.05, 3.63) is 78.1 Å². The molecule has 0 saturated heterocycles. The van der Waals surface area contributed by atoms with Crippen molar-refractivity contribution >= 4 is 28.9 Å². The van der Waals surface area contributed by atoms with Crippen LogP contribution in [0.2, 0.25) is 0 Å². The summed E-state index contributed by atoms with van der Waals surface area (Å²) in [5, 5.41) is 5.98. The number of ether oxygens (including phenoxy) is 2. The molecule has 2 aromatic carbocycles. The molecule has 0 spiro atoms. The van der Waals surface area contributed by atoms with E-state index in [0.29, 0.717) is 40.5 Å². The Hall–Kier alpha value is -3.87. The Bertz CT molecular complexity index is 1020. The minimum absolute atomic E-state index is 0.309. The average molecular weight is 391 g/mol. The number of nitrogens with zero attached hydrogens (tertiary/aromatic N) is 1. The van der Waals surface area contributed by atoms with Crippen LogP contribution in [0.3, 0.4) is 0 Å². The highest BCUT2D eigenvalue weighted by Crippen LogP contribution is 2.25. The van der Waals surface area contributed by atoms with Crippen LogP contribution in [0.5, 0.6) is 5.75 Å². The summed E-state index contributed by atoms with van der Waals surface area (Å²) in [4.78, 5) is 28.5. The fourth-order valence-electron chi connectivity index (χ4n) is 2.69. The van der Waals surface area contributed by atoms with Crippen LogP contribution in [0.25, 0.3) is 0 Å². The van der Waals surface area contributed by atoms with Crippen LogP contribution in [0, 0.1) is 0 Å². The second-order valence-electron chi connectivity index (χ2n) is 6.04. The van der Waals surface area contributed by atoms with Crippen LogP contribution in [0.15, 0.2) is 67.0 Å². The topological polar surface area (TPSA) is 89.5 Å². The lowest BCUT2D eigenvalue weighted by atomic mass is 10.2. The largest absolute Gasteiger partial charge is 0.492 e. The van der Waals surface area contributed by atoms with Gasteiger partial charge >= 0.3 is 5.97 Å². The van der Waals surface area contributed by atoms with Crippen molar-refractivity contribution in [1.82, 2.24) is 4.98 Å². The van der Waals surface area contributed by atoms with E-state index in [1.165, 1.54) is 13.3 Å². The minimum atomic E-state index is -0.423. The van der Waals surface area contributed by atoms with E-state index >= 15 is 0 Å². The summed E-state index contributed by atoms with van der Waals surface area (Å²) < 4.78 is 10.3. The second kappa shape index (κ2) is 9.36. The van der Waals surface area contributed by atoms with Crippen LogP contribution in [-0.2, 0) is 4.74 Å². The summed E-state index contributed by atoms with van der Waals surface area (Å²) in [5.74, 6) is -0.130. The number of amides is 1. The van der Waals surface area contributed by atoms with Crippen LogP contribution >= 0.6 is 0 Å². The molecule has 7 heteroatoms. The van der Waals surface area contributed by atoms with Gasteiger partial charge in [-0.3, -0.25) is 9.78 Å². The first-order valence-electron chi connectivity index (χ1n) is 9.04. The van der Waals surface area contributed by atoms with Crippen LogP contribution in [-0.4, -0.2) is 30.6 Å². The lowest BCUT2D eigenvalue weighted by molar-refractivity contribution is 0.0600. The molecule has 1 amide bonds. The fraction of sp³-hybridized carbons (Fsp3) is 0.136. The molecule has 0 atom stereocenters. The van der Waals surface area contributed by atoms with Gasteiger partial charge < -0.3 is 20.1 Å². The highest BCUT2D eigenvalue weighted by Gasteiger charge is 2.11.